The lowest BCUT2D eigenvalue weighted by Gasteiger charge is -2.24. The van der Waals surface area contributed by atoms with E-state index in [1.54, 1.807) is 17.7 Å². The zero-order valence-electron chi connectivity index (χ0n) is 11.2. The summed E-state index contributed by atoms with van der Waals surface area (Å²) in [6.07, 6.45) is 2.62. The van der Waals surface area contributed by atoms with Gasteiger partial charge in [-0.15, -0.1) is 11.3 Å². The first kappa shape index (κ1) is 13.2. The van der Waals surface area contributed by atoms with Crippen LogP contribution in [0.3, 0.4) is 0 Å². The summed E-state index contributed by atoms with van der Waals surface area (Å²) in [5.41, 5.74) is 8.07. The second-order valence-corrected chi connectivity index (χ2v) is 6.25. The highest BCUT2D eigenvalue weighted by molar-refractivity contribution is 7.18. The van der Waals surface area contributed by atoms with E-state index in [-0.39, 0.29) is 5.41 Å². The zero-order valence-corrected chi connectivity index (χ0v) is 12.0. The Hall–Kier alpha value is -1.20. The average Bonchev–Trinajstić information content (AvgIpc) is 2.69. The standard InChI is InChI=1S/C13H20N4S/c1-9-6-18-11-10(9)16-8-17-12(11)15-7-13(2,3)4-5-14/h6,8H,4-5,7,14H2,1-3H3,(H,15,16,17). The van der Waals surface area contributed by atoms with E-state index in [0.29, 0.717) is 6.54 Å². The Morgan fingerprint density at radius 2 is 2.17 bits per heavy atom. The number of aromatic nitrogens is 2. The van der Waals surface area contributed by atoms with Crippen molar-refractivity contribution >= 4 is 27.4 Å². The van der Waals surface area contributed by atoms with Crippen LogP contribution in [0.5, 0.6) is 0 Å². The monoisotopic (exact) mass is 264 g/mol. The highest BCUT2D eigenvalue weighted by atomic mass is 32.1. The molecule has 0 unspecified atom stereocenters. The Labute approximate surface area is 112 Å². The second-order valence-electron chi connectivity index (χ2n) is 5.38. The molecule has 0 amide bonds. The first-order valence-electron chi connectivity index (χ1n) is 6.16. The van der Waals surface area contributed by atoms with Crippen LogP contribution in [0.25, 0.3) is 10.2 Å². The molecular weight excluding hydrogens is 244 g/mol. The Morgan fingerprint density at radius 3 is 2.89 bits per heavy atom. The smallest absolute Gasteiger partial charge is 0.147 e. The lowest BCUT2D eigenvalue weighted by Crippen LogP contribution is -2.26. The van der Waals surface area contributed by atoms with Crippen molar-refractivity contribution in [2.45, 2.75) is 27.2 Å². The average molecular weight is 264 g/mol. The van der Waals surface area contributed by atoms with Crippen molar-refractivity contribution in [1.82, 2.24) is 9.97 Å². The molecule has 2 aromatic rings. The third kappa shape index (κ3) is 2.79. The van der Waals surface area contributed by atoms with E-state index in [0.717, 1.165) is 29.0 Å². The molecule has 0 atom stereocenters. The molecule has 0 fully saturated rings. The summed E-state index contributed by atoms with van der Waals surface area (Å²) < 4.78 is 1.14. The summed E-state index contributed by atoms with van der Waals surface area (Å²) in [7, 11) is 0. The molecule has 0 bridgehead atoms. The summed E-state index contributed by atoms with van der Waals surface area (Å²) in [5.74, 6) is 0.934. The van der Waals surface area contributed by atoms with Crippen molar-refractivity contribution in [2.75, 3.05) is 18.4 Å². The van der Waals surface area contributed by atoms with E-state index in [1.807, 2.05) is 0 Å². The van der Waals surface area contributed by atoms with Crippen LogP contribution in [0.2, 0.25) is 0 Å². The molecule has 0 aromatic carbocycles. The maximum Gasteiger partial charge on any atom is 0.147 e. The molecule has 0 saturated carbocycles. The van der Waals surface area contributed by atoms with Gasteiger partial charge >= 0.3 is 0 Å². The fourth-order valence-corrected chi connectivity index (χ4v) is 2.87. The van der Waals surface area contributed by atoms with Crippen molar-refractivity contribution in [3.8, 4) is 0 Å². The number of aryl methyl sites for hydroxylation is 1. The van der Waals surface area contributed by atoms with Gasteiger partial charge in [0.05, 0.1) is 10.2 Å². The van der Waals surface area contributed by atoms with Gasteiger partial charge in [0.15, 0.2) is 0 Å². The van der Waals surface area contributed by atoms with Crippen molar-refractivity contribution in [3.05, 3.63) is 17.3 Å². The van der Waals surface area contributed by atoms with Gasteiger partial charge < -0.3 is 11.1 Å². The molecule has 0 aliphatic heterocycles. The number of anilines is 1. The van der Waals surface area contributed by atoms with Crippen LogP contribution in [0.1, 0.15) is 25.8 Å². The lowest BCUT2D eigenvalue weighted by molar-refractivity contribution is 0.365. The van der Waals surface area contributed by atoms with E-state index < -0.39 is 0 Å². The van der Waals surface area contributed by atoms with Crippen molar-refractivity contribution < 1.29 is 0 Å². The van der Waals surface area contributed by atoms with Gasteiger partial charge in [0.25, 0.3) is 0 Å². The van der Waals surface area contributed by atoms with E-state index in [4.69, 9.17) is 5.73 Å². The number of nitrogens with two attached hydrogens (primary N) is 1. The van der Waals surface area contributed by atoms with Crippen LogP contribution in [-0.2, 0) is 0 Å². The molecular formula is C13H20N4S. The SMILES string of the molecule is Cc1csc2c(NCC(C)(C)CCN)ncnc12. The normalized spacial score (nSPS) is 12.0. The third-order valence-corrected chi connectivity index (χ3v) is 4.18. The van der Waals surface area contributed by atoms with Crippen LogP contribution in [0.4, 0.5) is 5.82 Å². The number of hydrogen-bond acceptors (Lipinski definition) is 5. The Morgan fingerprint density at radius 1 is 1.39 bits per heavy atom. The topological polar surface area (TPSA) is 63.8 Å². The minimum atomic E-state index is 0.179. The van der Waals surface area contributed by atoms with Crippen LogP contribution in [0.15, 0.2) is 11.7 Å². The number of hydrogen-bond donors (Lipinski definition) is 2. The molecule has 2 heterocycles. The predicted octanol–water partition coefficient (Wildman–Crippen LogP) is 2.79. The molecule has 0 spiro atoms. The Bertz CT molecular complexity index is 533. The fraction of sp³-hybridized carbons (Fsp3) is 0.538. The number of thiophene rings is 1. The van der Waals surface area contributed by atoms with Crippen molar-refractivity contribution in [3.63, 3.8) is 0 Å². The zero-order chi connectivity index (χ0) is 13.2. The first-order chi connectivity index (χ1) is 8.53. The number of nitrogens with one attached hydrogen (secondary N) is 1. The summed E-state index contributed by atoms with van der Waals surface area (Å²) in [5, 5.41) is 5.55. The molecule has 0 aliphatic carbocycles. The number of fused-ring (bicyclic) bond motifs is 1. The molecule has 3 N–H and O–H groups in total. The van der Waals surface area contributed by atoms with Crippen LogP contribution in [0, 0.1) is 12.3 Å². The number of nitrogens with zero attached hydrogens (tertiary/aromatic N) is 2. The first-order valence-corrected chi connectivity index (χ1v) is 7.04. The van der Waals surface area contributed by atoms with Crippen molar-refractivity contribution in [1.29, 1.82) is 0 Å². The van der Waals surface area contributed by atoms with Crippen LogP contribution in [-0.4, -0.2) is 23.1 Å². The molecule has 5 heteroatoms. The summed E-state index contributed by atoms with van der Waals surface area (Å²) in [6.45, 7) is 8.09. The maximum absolute atomic E-state index is 5.63. The minimum Gasteiger partial charge on any atom is -0.368 e. The predicted molar refractivity (Wildman–Crippen MR) is 78.1 cm³/mol. The van der Waals surface area contributed by atoms with Gasteiger partial charge in [-0.1, -0.05) is 13.8 Å². The summed E-state index contributed by atoms with van der Waals surface area (Å²) >= 11 is 1.69. The van der Waals surface area contributed by atoms with Crippen molar-refractivity contribution in [2.24, 2.45) is 11.1 Å². The molecule has 2 aromatic heterocycles. The van der Waals surface area contributed by atoms with Gasteiger partial charge in [0.1, 0.15) is 12.1 Å². The largest absolute Gasteiger partial charge is 0.368 e. The van der Waals surface area contributed by atoms with Gasteiger partial charge in [0, 0.05) is 6.54 Å². The molecule has 18 heavy (non-hydrogen) atoms. The maximum atomic E-state index is 5.63. The Kier molecular flexibility index (Phi) is 3.82. The molecule has 4 nitrogen and oxygen atoms in total. The van der Waals surface area contributed by atoms with Gasteiger partial charge in [-0.2, -0.15) is 0 Å². The molecule has 0 aliphatic rings. The second kappa shape index (κ2) is 5.20. The van der Waals surface area contributed by atoms with Crippen LogP contribution < -0.4 is 11.1 Å². The molecule has 2 rings (SSSR count). The van der Waals surface area contributed by atoms with E-state index in [1.165, 1.54) is 5.56 Å². The summed E-state index contributed by atoms with van der Waals surface area (Å²) in [4.78, 5) is 8.66. The lowest BCUT2D eigenvalue weighted by atomic mass is 9.89. The van der Waals surface area contributed by atoms with Gasteiger partial charge in [-0.05, 0) is 36.2 Å². The molecule has 0 radical (unpaired) electrons. The third-order valence-electron chi connectivity index (χ3n) is 3.09. The van der Waals surface area contributed by atoms with Gasteiger partial charge in [0.2, 0.25) is 0 Å². The number of rotatable bonds is 5. The van der Waals surface area contributed by atoms with Crippen LogP contribution >= 0.6 is 11.3 Å². The summed E-state index contributed by atoms with van der Waals surface area (Å²) in [6, 6.07) is 0. The fourth-order valence-electron chi connectivity index (χ4n) is 1.90. The Balaban J connectivity index is 2.17. The molecule has 0 saturated heterocycles. The van der Waals surface area contributed by atoms with E-state index in [2.05, 4.69) is 41.4 Å². The molecule has 98 valence electrons. The van der Waals surface area contributed by atoms with Gasteiger partial charge in [-0.3, -0.25) is 0 Å². The highest BCUT2D eigenvalue weighted by Gasteiger charge is 2.17. The minimum absolute atomic E-state index is 0.179. The van der Waals surface area contributed by atoms with E-state index >= 15 is 0 Å². The van der Waals surface area contributed by atoms with E-state index in [9.17, 15) is 0 Å². The highest BCUT2D eigenvalue weighted by Crippen LogP contribution is 2.29. The quantitative estimate of drug-likeness (QED) is 0.871. The van der Waals surface area contributed by atoms with Gasteiger partial charge in [-0.25, -0.2) is 9.97 Å².